The Labute approximate surface area is 147 Å². The topological polar surface area (TPSA) is 34.1 Å². The quantitative estimate of drug-likeness (QED) is 0.489. The fraction of sp³-hybridized carbons (Fsp3) is 0.632. The van der Waals surface area contributed by atoms with E-state index in [9.17, 15) is 0 Å². The zero-order valence-electron chi connectivity index (χ0n) is 15.5. The van der Waals surface area contributed by atoms with E-state index in [4.69, 9.17) is 4.99 Å². The van der Waals surface area contributed by atoms with Crippen LogP contribution in [0.25, 0.3) is 0 Å². The molecule has 0 aromatic heterocycles. The van der Waals surface area contributed by atoms with Crippen molar-refractivity contribution in [1.82, 2.24) is 20.0 Å². The lowest BCUT2D eigenvalue weighted by atomic mass is 10.2. The minimum atomic E-state index is 0.722. The summed E-state index contributed by atoms with van der Waals surface area (Å²) < 4.78 is 0. The van der Waals surface area contributed by atoms with Crippen LogP contribution in [0.5, 0.6) is 0 Å². The average molecular weight is 332 g/mol. The van der Waals surface area contributed by atoms with E-state index in [1.807, 2.05) is 20.2 Å². The van der Waals surface area contributed by atoms with Gasteiger partial charge in [-0.15, -0.1) is 0 Å². The van der Waals surface area contributed by atoms with E-state index >= 15 is 0 Å². The Hall–Kier alpha value is -1.59. The fourth-order valence-electron chi connectivity index (χ4n) is 2.93. The zero-order chi connectivity index (χ0) is 17.2. The van der Waals surface area contributed by atoms with Gasteiger partial charge >= 0.3 is 0 Å². The molecule has 1 saturated heterocycles. The first-order valence-electron chi connectivity index (χ1n) is 9.05. The number of likely N-dealkylation sites (N-methyl/N-ethyl adjacent to an activating group) is 1. The molecule has 1 aliphatic heterocycles. The molecule has 5 nitrogen and oxygen atoms in total. The molecule has 2 rings (SSSR count). The van der Waals surface area contributed by atoms with Crippen molar-refractivity contribution in [2.45, 2.75) is 19.4 Å². The summed E-state index contributed by atoms with van der Waals surface area (Å²) in [5.41, 5.74) is 1.24. The molecule has 0 saturated carbocycles. The van der Waals surface area contributed by atoms with Gasteiger partial charge in [0.2, 0.25) is 0 Å². The van der Waals surface area contributed by atoms with E-state index in [0.29, 0.717) is 0 Å². The van der Waals surface area contributed by atoms with Gasteiger partial charge in [0.1, 0.15) is 0 Å². The van der Waals surface area contributed by atoms with Crippen LogP contribution >= 0.6 is 0 Å². The van der Waals surface area contributed by atoms with Gasteiger partial charge in [-0.1, -0.05) is 30.3 Å². The van der Waals surface area contributed by atoms with Gasteiger partial charge in [0.15, 0.2) is 5.96 Å². The molecule has 0 bridgehead atoms. The first kappa shape index (κ1) is 18.7. The van der Waals surface area contributed by atoms with E-state index in [-0.39, 0.29) is 0 Å². The number of hydrogen-bond acceptors (Lipinski definition) is 3. The summed E-state index contributed by atoms with van der Waals surface area (Å²) in [4.78, 5) is 11.8. The van der Waals surface area contributed by atoms with Crippen LogP contribution in [0, 0.1) is 0 Å². The second kappa shape index (κ2) is 10.3. The van der Waals surface area contributed by atoms with Gasteiger partial charge in [0.25, 0.3) is 0 Å². The van der Waals surface area contributed by atoms with E-state index in [1.54, 1.807) is 0 Å². The standard InChI is InChI=1S/C19H33N5/c1-22(2)19(21-17-18-9-5-4-6-10-18)20-11-7-13-24-14-8-12-23(3)15-16-24/h4-6,9-10H,7-8,11-17H2,1-3H3,(H,20,21). The van der Waals surface area contributed by atoms with E-state index < -0.39 is 0 Å². The maximum atomic E-state index is 4.71. The Kier molecular flexibility index (Phi) is 8.05. The van der Waals surface area contributed by atoms with E-state index in [1.165, 1.54) is 44.7 Å². The van der Waals surface area contributed by atoms with Gasteiger partial charge < -0.3 is 20.0 Å². The van der Waals surface area contributed by atoms with Crippen molar-refractivity contribution in [2.24, 2.45) is 4.99 Å². The van der Waals surface area contributed by atoms with Crippen LogP contribution in [0.15, 0.2) is 35.3 Å². The molecule has 5 heteroatoms. The largest absolute Gasteiger partial charge is 0.356 e. The summed E-state index contributed by atoms with van der Waals surface area (Å²) in [6.07, 6.45) is 2.44. The normalized spacial score (nSPS) is 17.5. The smallest absolute Gasteiger partial charge is 0.193 e. The Balaban J connectivity index is 1.71. The molecule has 0 unspecified atom stereocenters. The van der Waals surface area contributed by atoms with Crippen LogP contribution in [0.1, 0.15) is 18.4 Å². The molecule has 0 radical (unpaired) electrons. The van der Waals surface area contributed by atoms with E-state index in [2.05, 4.69) is 51.3 Å². The van der Waals surface area contributed by atoms with Gasteiger partial charge in [-0.05, 0) is 45.1 Å². The molecule has 1 N–H and O–H groups in total. The predicted octanol–water partition coefficient (Wildman–Crippen LogP) is 1.72. The minimum absolute atomic E-state index is 0.722. The van der Waals surface area contributed by atoms with Crippen molar-refractivity contribution in [3.63, 3.8) is 0 Å². The van der Waals surface area contributed by atoms with Crippen LogP contribution in [0.4, 0.5) is 0 Å². The zero-order valence-corrected chi connectivity index (χ0v) is 15.5. The van der Waals surface area contributed by atoms with Crippen LogP contribution in [-0.2, 0) is 6.54 Å². The number of aliphatic imine (C=N–C) groups is 1. The number of rotatable bonds is 6. The second-order valence-corrected chi connectivity index (χ2v) is 6.80. The summed E-state index contributed by atoms with van der Waals surface area (Å²) in [6, 6.07) is 10.4. The van der Waals surface area contributed by atoms with Crippen molar-refractivity contribution in [3.8, 4) is 0 Å². The van der Waals surface area contributed by atoms with Crippen molar-refractivity contribution >= 4 is 5.96 Å². The van der Waals surface area contributed by atoms with E-state index in [0.717, 1.165) is 25.5 Å². The molecule has 0 aliphatic carbocycles. The molecule has 1 aromatic carbocycles. The van der Waals surface area contributed by atoms with Crippen molar-refractivity contribution in [1.29, 1.82) is 0 Å². The Morgan fingerprint density at radius 1 is 1.12 bits per heavy atom. The molecule has 0 atom stereocenters. The summed E-state index contributed by atoms with van der Waals surface area (Å²) in [5.74, 6) is 0.967. The average Bonchev–Trinajstić information content (AvgIpc) is 2.79. The maximum Gasteiger partial charge on any atom is 0.193 e. The highest BCUT2D eigenvalue weighted by molar-refractivity contribution is 5.79. The Morgan fingerprint density at radius 2 is 1.92 bits per heavy atom. The molecule has 1 aromatic rings. The van der Waals surface area contributed by atoms with Crippen LogP contribution < -0.4 is 5.32 Å². The number of benzene rings is 1. The molecular weight excluding hydrogens is 298 g/mol. The predicted molar refractivity (Wildman–Crippen MR) is 102 cm³/mol. The molecule has 0 spiro atoms. The number of nitrogens with one attached hydrogen (secondary N) is 1. The number of guanidine groups is 1. The first-order valence-corrected chi connectivity index (χ1v) is 9.05. The van der Waals surface area contributed by atoms with Crippen molar-refractivity contribution in [2.75, 3.05) is 60.4 Å². The molecular formula is C19H33N5. The third-order valence-corrected chi connectivity index (χ3v) is 4.42. The summed E-state index contributed by atoms with van der Waals surface area (Å²) in [6.45, 7) is 7.70. The third-order valence-electron chi connectivity index (χ3n) is 4.42. The summed E-state index contributed by atoms with van der Waals surface area (Å²) in [5, 5.41) is 3.49. The van der Waals surface area contributed by atoms with Gasteiger partial charge in [-0.3, -0.25) is 0 Å². The van der Waals surface area contributed by atoms with Gasteiger partial charge in [0.05, 0.1) is 6.54 Å². The lowest BCUT2D eigenvalue weighted by Crippen LogP contribution is -2.38. The second-order valence-electron chi connectivity index (χ2n) is 6.80. The summed E-state index contributed by atoms with van der Waals surface area (Å²) in [7, 11) is 6.31. The van der Waals surface area contributed by atoms with Crippen LogP contribution in [-0.4, -0.2) is 81.1 Å². The fourth-order valence-corrected chi connectivity index (χ4v) is 2.93. The van der Waals surface area contributed by atoms with Gasteiger partial charge in [0, 0.05) is 33.7 Å². The highest BCUT2D eigenvalue weighted by Gasteiger charge is 2.11. The highest BCUT2D eigenvalue weighted by atomic mass is 15.3. The SMILES string of the molecule is CN1CCCN(CCCNC(=NCc2ccccc2)N(C)C)CC1. The number of hydrogen-bond donors (Lipinski definition) is 1. The van der Waals surface area contributed by atoms with Crippen LogP contribution in [0.2, 0.25) is 0 Å². The third kappa shape index (κ3) is 6.89. The molecule has 1 aliphatic rings. The lowest BCUT2D eigenvalue weighted by Gasteiger charge is -2.21. The van der Waals surface area contributed by atoms with Crippen molar-refractivity contribution < 1.29 is 0 Å². The maximum absolute atomic E-state index is 4.71. The summed E-state index contributed by atoms with van der Waals surface area (Å²) >= 11 is 0. The number of nitrogens with zero attached hydrogens (tertiary/aromatic N) is 4. The molecule has 24 heavy (non-hydrogen) atoms. The van der Waals surface area contributed by atoms with Crippen LogP contribution in [0.3, 0.4) is 0 Å². The van der Waals surface area contributed by atoms with Crippen molar-refractivity contribution in [3.05, 3.63) is 35.9 Å². The first-order chi connectivity index (χ1) is 11.6. The minimum Gasteiger partial charge on any atom is -0.356 e. The Morgan fingerprint density at radius 3 is 2.67 bits per heavy atom. The highest BCUT2D eigenvalue weighted by Crippen LogP contribution is 2.02. The van der Waals surface area contributed by atoms with Gasteiger partial charge in [-0.25, -0.2) is 4.99 Å². The monoisotopic (exact) mass is 331 g/mol. The Bertz CT molecular complexity index is 486. The van der Waals surface area contributed by atoms with Gasteiger partial charge in [-0.2, -0.15) is 0 Å². The lowest BCUT2D eigenvalue weighted by molar-refractivity contribution is 0.273. The molecule has 0 amide bonds. The molecule has 1 heterocycles. The molecule has 134 valence electrons. The molecule has 1 fully saturated rings.